The largest absolute Gasteiger partial charge is 0.472 e. The summed E-state index contributed by atoms with van der Waals surface area (Å²) in [4.78, 5) is 58.8. The van der Waals surface area contributed by atoms with Gasteiger partial charge in [0, 0.05) is 19.3 Å². The van der Waals surface area contributed by atoms with Crippen molar-refractivity contribution in [1.82, 2.24) is 0 Å². The maximum Gasteiger partial charge on any atom is 0.472 e. The number of esters is 3. The van der Waals surface area contributed by atoms with Crippen LogP contribution in [-0.4, -0.2) is 95.9 Å². The fourth-order valence-electron chi connectivity index (χ4n) is 11.6. The number of hydrogen-bond donors (Lipinski definition) is 4. The number of phosphoric acid groups is 2. The second-order valence-electron chi connectivity index (χ2n) is 28.9. The molecule has 5 unspecified atom stereocenters. The van der Waals surface area contributed by atoms with Crippen molar-refractivity contribution in [2.24, 2.45) is 0 Å². The number of unbranched alkanes of at least 4 members (excludes halogenated alkanes) is 33. The average Bonchev–Trinajstić information content (AvgIpc) is 0.903. The van der Waals surface area contributed by atoms with Crippen LogP contribution >= 0.6 is 15.6 Å². The van der Waals surface area contributed by atoms with Crippen LogP contribution in [0.2, 0.25) is 0 Å². The zero-order valence-electron chi connectivity index (χ0n) is 69.8. The normalized spacial score (nSPS) is 14.6. The van der Waals surface area contributed by atoms with Gasteiger partial charge in [0.2, 0.25) is 0 Å². The van der Waals surface area contributed by atoms with Crippen molar-refractivity contribution in [2.45, 2.75) is 373 Å². The molecule has 0 bridgehead atoms. The summed E-state index contributed by atoms with van der Waals surface area (Å²) in [5.41, 5.74) is 0. The Morgan fingerprint density at radius 1 is 0.261 bits per heavy atom. The minimum absolute atomic E-state index is 0.0901. The first-order chi connectivity index (χ1) is 54.2. The molecule has 4 N–H and O–H groups in total. The van der Waals surface area contributed by atoms with Crippen LogP contribution in [0.15, 0.2) is 158 Å². The summed E-state index contributed by atoms with van der Waals surface area (Å²) in [6.45, 7) is 2.44. The molecular formula is C93H158O16P2. The third-order valence-corrected chi connectivity index (χ3v) is 20.1. The van der Waals surface area contributed by atoms with E-state index >= 15 is 0 Å². The first-order valence-corrected chi connectivity index (χ1v) is 46.8. The van der Waals surface area contributed by atoms with Gasteiger partial charge < -0.3 is 34.2 Å². The average molecular weight is 1590 g/mol. The molecular weight excluding hydrogens is 1430 g/mol. The van der Waals surface area contributed by atoms with E-state index in [9.17, 15) is 43.5 Å². The number of aliphatic hydroxyl groups excluding tert-OH is 2. The Morgan fingerprint density at radius 3 is 0.766 bits per heavy atom. The number of ether oxygens (including phenoxy) is 3. The molecule has 0 saturated heterocycles. The highest BCUT2D eigenvalue weighted by Gasteiger charge is 2.29. The monoisotopic (exact) mass is 1590 g/mol. The van der Waals surface area contributed by atoms with E-state index in [1.54, 1.807) is 0 Å². The van der Waals surface area contributed by atoms with Crippen molar-refractivity contribution in [3.05, 3.63) is 158 Å². The molecule has 16 nitrogen and oxygen atoms in total. The minimum Gasteiger partial charge on any atom is -0.463 e. The summed E-state index contributed by atoms with van der Waals surface area (Å²) in [5.74, 6) is -1.59. The van der Waals surface area contributed by atoms with Crippen LogP contribution in [-0.2, 0) is 55.8 Å². The molecule has 0 aromatic heterocycles. The summed E-state index contributed by atoms with van der Waals surface area (Å²) in [6, 6.07) is 0. The topological polar surface area (TPSA) is 231 Å². The molecule has 18 heteroatoms. The molecule has 0 spiro atoms. The molecule has 0 amide bonds. The first kappa shape index (κ1) is 106. The van der Waals surface area contributed by atoms with Gasteiger partial charge in [0.25, 0.3) is 0 Å². The van der Waals surface area contributed by atoms with Crippen LogP contribution in [0.5, 0.6) is 0 Å². The highest BCUT2D eigenvalue weighted by molar-refractivity contribution is 7.47. The molecule has 636 valence electrons. The molecule has 0 rings (SSSR count). The van der Waals surface area contributed by atoms with E-state index in [2.05, 4.69) is 179 Å². The zero-order valence-corrected chi connectivity index (χ0v) is 71.6. The number of allylic oxidation sites excluding steroid dienone is 26. The van der Waals surface area contributed by atoms with E-state index < -0.39 is 91.5 Å². The van der Waals surface area contributed by atoms with Crippen molar-refractivity contribution in [1.29, 1.82) is 0 Å². The van der Waals surface area contributed by atoms with Gasteiger partial charge in [-0.25, -0.2) is 9.13 Å². The SMILES string of the molecule is CC/C=C\C/C=C\C/C=C\C/C=C\C/C=C\C/C=C\CCCCCCCCCCCCCCCCCCC(=O)OCC(O)COP(=O)(O)OCC(O)COP(=O)(O)OCC(COC(=O)CCCCCCCCCC/C=C\C/C=C\C/C=C\C/C=C\C/C=C\C/C=C\CC)OC(=O)CCCCCCC/C=C\CCCCCC. The third-order valence-electron chi connectivity index (χ3n) is 18.2. The van der Waals surface area contributed by atoms with Gasteiger partial charge in [-0.15, -0.1) is 0 Å². The lowest BCUT2D eigenvalue weighted by atomic mass is 10.0. The summed E-state index contributed by atoms with van der Waals surface area (Å²) >= 11 is 0. The van der Waals surface area contributed by atoms with E-state index in [1.165, 1.54) is 122 Å². The molecule has 0 aliphatic carbocycles. The Hall–Kier alpha value is -4.83. The number of aliphatic hydroxyl groups is 2. The van der Waals surface area contributed by atoms with Gasteiger partial charge in [-0.05, 0) is 148 Å². The Kier molecular flexibility index (Phi) is 80.9. The van der Waals surface area contributed by atoms with Crippen molar-refractivity contribution < 1.29 is 75.8 Å². The van der Waals surface area contributed by atoms with E-state index in [0.717, 1.165) is 173 Å². The molecule has 0 heterocycles. The second kappa shape index (κ2) is 84.6. The fraction of sp³-hybridized carbons (Fsp3) is 0.688. The summed E-state index contributed by atoms with van der Waals surface area (Å²) in [5, 5.41) is 20.7. The maximum absolute atomic E-state index is 13.0. The van der Waals surface area contributed by atoms with Crippen molar-refractivity contribution >= 4 is 33.6 Å². The van der Waals surface area contributed by atoms with E-state index in [1.807, 2.05) is 0 Å². The molecule has 0 aromatic rings. The lowest BCUT2D eigenvalue weighted by Crippen LogP contribution is -2.30. The molecule has 5 atom stereocenters. The molecule has 0 aromatic carbocycles. The summed E-state index contributed by atoms with van der Waals surface area (Å²) < 4.78 is 61.3. The van der Waals surface area contributed by atoms with Crippen molar-refractivity contribution in [3.8, 4) is 0 Å². The smallest absolute Gasteiger partial charge is 0.463 e. The lowest BCUT2D eigenvalue weighted by molar-refractivity contribution is -0.161. The van der Waals surface area contributed by atoms with Crippen LogP contribution in [0.4, 0.5) is 0 Å². The predicted molar refractivity (Wildman–Crippen MR) is 463 cm³/mol. The van der Waals surface area contributed by atoms with Crippen LogP contribution in [0, 0.1) is 0 Å². The Balaban J connectivity index is 4.42. The number of hydrogen-bond acceptors (Lipinski definition) is 14. The fourth-order valence-corrected chi connectivity index (χ4v) is 13.2. The molecule has 111 heavy (non-hydrogen) atoms. The predicted octanol–water partition coefficient (Wildman–Crippen LogP) is 26.5. The van der Waals surface area contributed by atoms with Gasteiger partial charge in [-0.3, -0.25) is 32.5 Å². The highest BCUT2D eigenvalue weighted by Crippen LogP contribution is 2.45. The summed E-state index contributed by atoms with van der Waals surface area (Å²) in [7, 11) is -9.80. The molecule has 0 fully saturated rings. The van der Waals surface area contributed by atoms with Gasteiger partial charge in [-0.1, -0.05) is 346 Å². The third kappa shape index (κ3) is 85.9. The quantitative estimate of drug-likeness (QED) is 0.0146. The van der Waals surface area contributed by atoms with Crippen LogP contribution in [0.3, 0.4) is 0 Å². The van der Waals surface area contributed by atoms with Gasteiger partial charge in [0.1, 0.15) is 25.4 Å². The highest BCUT2D eigenvalue weighted by atomic mass is 31.2. The first-order valence-electron chi connectivity index (χ1n) is 43.8. The molecule has 0 saturated carbocycles. The molecule has 0 radical (unpaired) electrons. The van der Waals surface area contributed by atoms with Crippen molar-refractivity contribution in [3.63, 3.8) is 0 Å². The number of carbonyl (C=O) groups is 3. The molecule has 0 aliphatic heterocycles. The second-order valence-corrected chi connectivity index (χ2v) is 31.8. The van der Waals surface area contributed by atoms with Gasteiger partial charge in [0.15, 0.2) is 6.10 Å². The van der Waals surface area contributed by atoms with Gasteiger partial charge >= 0.3 is 33.6 Å². The summed E-state index contributed by atoms with van der Waals surface area (Å²) in [6.07, 6.45) is 107. The van der Waals surface area contributed by atoms with Crippen LogP contribution < -0.4 is 0 Å². The standard InChI is InChI=1S/C93H158O16P2/c1-4-7-10-13-16-19-22-25-27-29-31-33-35-37-39-40-41-42-43-44-45-46-48-50-51-53-55-57-59-62-64-67-70-73-76-79-91(96)103-82-88(94)83-105-110(99,100)106-84-89(95)85-107-111(101,102)108-87-90(109-93(98)81-78-75-72-69-66-61-24-21-18-15-12-9-6-3)86-104-92(97)80-77-74-71-68-65-63-60-58-56-54-52-49-47-38-36-34-32-30-28-26-23-20-17-14-11-8-5-2/h7-8,10-11,16-17,19-21,24-28,31-34,37-39,41-42,47,52,54,88-90,94-95H,4-6,9,12-15,18,22-23,29-30,35-36,40,43-46,48-51,53,55-87H2,1-3H3,(H,99,100)(H,101,102)/b10-7-,11-8-,19-16-,20-17-,24-21-,27-25-,28-26-,33-31-,34-32-,39-37-,42-41-,47-38-,54-52-. The Labute approximate surface area is 676 Å². The number of carbonyl (C=O) groups excluding carboxylic acids is 3. The molecule has 0 aliphatic rings. The number of phosphoric ester groups is 2. The Bertz CT molecular complexity index is 2650. The minimum atomic E-state index is -4.94. The van der Waals surface area contributed by atoms with Gasteiger partial charge in [-0.2, -0.15) is 0 Å². The van der Waals surface area contributed by atoms with Crippen LogP contribution in [0.25, 0.3) is 0 Å². The Morgan fingerprint density at radius 2 is 0.477 bits per heavy atom. The van der Waals surface area contributed by atoms with E-state index in [4.69, 9.17) is 32.3 Å². The number of rotatable bonds is 82. The van der Waals surface area contributed by atoms with E-state index in [0.29, 0.717) is 19.3 Å². The van der Waals surface area contributed by atoms with Gasteiger partial charge in [0.05, 0.1) is 26.4 Å². The zero-order chi connectivity index (χ0) is 80.8. The maximum atomic E-state index is 13.0. The van der Waals surface area contributed by atoms with Crippen LogP contribution in [0.1, 0.15) is 355 Å². The lowest BCUT2D eigenvalue weighted by Gasteiger charge is -2.21. The van der Waals surface area contributed by atoms with Crippen molar-refractivity contribution in [2.75, 3.05) is 39.6 Å². The van der Waals surface area contributed by atoms with E-state index in [-0.39, 0.29) is 19.3 Å².